The molecule has 0 spiro atoms. The predicted molar refractivity (Wildman–Crippen MR) is 104 cm³/mol. The molecule has 0 fully saturated rings. The van der Waals surface area contributed by atoms with Crippen LogP contribution < -0.4 is 5.43 Å². The first kappa shape index (κ1) is 17.5. The van der Waals surface area contributed by atoms with Crippen LogP contribution in [0.15, 0.2) is 78.3 Å². The Morgan fingerprint density at radius 2 is 1.79 bits per heavy atom. The fourth-order valence-corrected chi connectivity index (χ4v) is 3.07. The first-order valence-corrected chi connectivity index (χ1v) is 8.56. The number of pyridine rings is 1. The van der Waals surface area contributed by atoms with Crippen LogP contribution in [-0.2, 0) is 6.54 Å². The summed E-state index contributed by atoms with van der Waals surface area (Å²) in [6, 6.07) is 17.2. The van der Waals surface area contributed by atoms with Crippen LogP contribution in [0.2, 0.25) is 0 Å². The van der Waals surface area contributed by atoms with E-state index in [4.69, 9.17) is 0 Å². The Kier molecular flexibility index (Phi) is 4.63. The molecule has 0 saturated carbocycles. The second kappa shape index (κ2) is 7.40. The number of carbonyl (C=O) groups is 1. The van der Waals surface area contributed by atoms with Crippen molar-refractivity contribution in [2.75, 3.05) is 0 Å². The summed E-state index contributed by atoms with van der Waals surface area (Å²) in [5, 5.41) is 3.36. The minimum Gasteiger partial charge on any atom is -0.328 e. The standard InChI is InChI=1S/C21H15FN4O2/c22-19-7-5-15(6-8-19)18-11-17-9-10-26(20(17)23-12-18)13-14-1-3-16(4-2-14)21(27)24-25-28/h1-12H,13H2,(H,24,27,28). The predicted octanol–water partition coefficient (Wildman–Crippen LogP) is 4.30. The Balaban J connectivity index is 1.57. The van der Waals surface area contributed by atoms with Crippen molar-refractivity contribution in [2.24, 2.45) is 5.29 Å². The highest BCUT2D eigenvalue weighted by molar-refractivity contribution is 5.93. The number of halogens is 1. The molecule has 7 heteroatoms. The average molecular weight is 374 g/mol. The summed E-state index contributed by atoms with van der Waals surface area (Å²) in [6.07, 6.45) is 3.72. The summed E-state index contributed by atoms with van der Waals surface area (Å²) >= 11 is 0. The van der Waals surface area contributed by atoms with Gasteiger partial charge in [0.1, 0.15) is 11.5 Å². The molecule has 2 aromatic heterocycles. The Morgan fingerprint density at radius 3 is 2.50 bits per heavy atom. The molecule has 0 atom stereocenters. The largest absolute Gasteiger partial charge is 0.328 e. The molecular weight excluding hydrogens is 359 g/mol. The Hall–Kier alpha value is -3.87. The van der Waals surface area contributed by atoms with Crippen molar-refractivity contribution in [2.45, 2.75) is 6.54 Å². The van der Waals surface area contributed by atoms with Gasteiger partial charge in [-0.15, -0.1) is 4.91 Å². The van der Waals surface area contributed by atoms with E-state index < -0.39 is 5.91 Å². The number of nitrogens with one attached hydrogen (secondary N) is 1. The third-order valence-corrected chi connectivity index (χ3v) is 4.50. The van der Waals surface area contributed by atoms with E-state index in [0.717, 1.165) is 27.7 Å². The summed E-state index contributed by atoms with van der Waals surface area (Å²) < 4.78 is 15.1. The number of aromatic nitrogens is 2. The number of nitroso groups, excluding NO2 is 1. The van der Waals surface area contributed by atoms with E-state index in [9.17, 15) is 14.1 Å². The van der Waals surface area contributed by atoms with Gasteiger partial charge in [-0.2, -0.15) is 0 Å². The minimum absolute atomic E-state index is 0.269. The SMILES string of the molecule is O=NNC(=O)c1ccc(Cn2ccc3cc(-c4ccc(F)cc4)cnc32)cc1. The van der Waals surface area contributed by atoms with Gasteiger partial charge in [0, 0.05) is 35.5 Å². The maximum Gasteiger partial charge on any atom is 0.273 e. The Bertz CT molecular complexity index is 1150. The van der Waals surface area contributed by atoms with E-state index in [1.54, 1.807) is 30.5 Å². The van der Waals surface area contributed by atoms with Crippen LogP contribution >= 0.6 is 0 Å². The van der Waals surface area contributed by atoms with Crippen molar-refractivity contribution in [3.8, 4) is 11.1 Å². The summed E-state index contributed by atoms with van der Waals surface area (Å²) in [7, 11) is 0. The molecule has 0 aliphatic rings. The molecule has 1 N–H and O–H groups in total. The Morgan fingerprint density at radius 1 is 1.04 bits per heavy atom. The molecule has 0 unspecified atom stereocenters. The van der Waals surface area contributed by atoms with Crippen LogP contribution in [0.5, 0.6) is 0 Å². The topological polar surface area (TPSA) is 76.3 Å². The molecule has 4 aromatic rings. The zero-order valence-corrected chi connectivity index (χ0v) is 14.7. The van der Waals surface area contributed by atoms with E-state index in [1.165, 1.54) is 12.1 Å². The minimum atomic E-state index is -0.539. The van der Waals surface area contributed by atoms with Gasteiger partial charge in [-0.1, -0.05) is 24.3 Å². The lowest BCUT2D eigenvalue weighted by molar-refractivity contribution is 0.0954. The first-order chi connectivity index (χ1) is 13.6. The molecular formula is C21H15FN4O2. The first-order valence-electron chi connectivity index (χ1n) is 8.56. The number of hydrogen-bond donors (Lipinski definition) is 1. The van der Waals surface area contributed by atoms with Crippen LogP contribution in [0.25, 0.3) is 22.2 Å². The quantitative estimate of drug-likeness (QED) is 0.418. The zero-order valence-electron chi connectivity index (χ0n) is 14.7. The van der Waals surface area contributed by atoms with Crippen LogP contribution in [0.3, 0.4) is 0 Å². The second-order valence-corrected chi connectivity index (χ2v) is 6.32. The fourth-order valence-electron chi connectivity index (χ4n) is 3.07. The van der Waals surface area contributed by atoms with Crippen molar-refractivity contribution < 1.29 is 9.18 Å². The highest BCUT2D eigenvalue weighted by atomic mass is 19.1. The molecule has 6 nitrogen and oxygen atoms in total. The van der Waals surface area contributed by atoms with Gasteiger partial charge in [0.15, 0.2) is 0 Å². The maximum absolute atomic E-state index is 13.1. The average Bonchev–Trinajstić information content (AvgIpc) is 3.11. The van der Waals surface area contributed by atoms with Gasteiger partial charge < -0.3 is 4.57 Å². The lowest BCUT2D eigenvalue weighted by Gasteiger charge is -2.07. The van der Waals surface area contributed by atoms with E-state index in [-0.39, 0.29) is 5.82 Å². The molecule has 2 heterocycles. The summed E-state index contributed by atoms with van der Waals surface area (Å²) in [6.45, 7) is 0.584. The molecule has 138 valence electrons. The van der Waals surface area contributed by atoms with E-state index in [2.05, 4.69) is 10.3 Å². The number of nitrogens with zero attached hydrogens (tertiary/aromatic N) is 3. The van der Waals surface area contributed by atoms with Gasteiger partial charge in [0.05, 0.1) is 5.29 Å². The lowest BCUT2D eigenvalue weighted by Crippen LogP contribution is -2.16. The number of fused-ring (bicyclic) bond motifs is 1. The summed E-state index contributed by atoms with van der Waals surface area (Å²) in [5.41, 5.74) is 5.87. The molecule has 2 aromatic carbocycles. The fraction of sp³-hybridized carbons (Fsp3) is 0.0476. The van der Waals surface area contributed by atoms with Crippen molar-refractivity contribution in [1.29, 1.82) is 0 Å². The normalized spacial score (nSPS) is 10.8. The van der Waals surface area contributed by atoms with Crippen molar-refractivity contribution >= 4 is 16.9 Å². The second-order valence-electron chi connectivity index (χ2n) is 6.32. The smallest absolute Gasteiger partial charge is 0.273 e. The number of rotatable bonds is 5. The van der Waals surface area contributed by atoms with Crippen LogP contribution in [0, 0.1) is 10.7 Å². The molecule has 0 saturated heterocycles. The molecule has 0 radical (unpaired) electrons. The zero-order chi connectivity index (χ0) is 19.5. The van der Waals surface area contributed by atoms with Crippen LogP contribution in [0.4, 0.5) is 4.39 Å². The maximum atomic E-state index is 13.1. The molecule has 0 aliphatic carbocycles. The summed E-state index contributed by atoms with van der Waals surface area (Å²) in [5.74, 6) is -0.808. The summed E-state index contributed by atoms with van der Waals surface area (Å²) in [4.78, 5) is 26.3. The van der Waals surface area contributed by atoms with Crippen molar-refractivity contribution in [3.63, 3.8) is 0 Å². The molecule has 4 rings (SSSR count). The van der Waals surface area contributed by atoms with Gasteiger partial charge in [-0.3, -0.25) is 4.79 Å². The highest BCUT2D eigenvalue weighted by Crippen LogP contribution is 2.24. The van der Waals surface area contributed by atoms with Gasteiger partial charge in [0.25, 0.3) is 5.91 Å². The van der Waals surface area contributed by atoms with Gasteiger partial charge in [-0.25, -0.2) is 14.8 Å². The molecule has 0 aliphatic heterocycles. The Labute approximate surface area is 159 Å². The number of hydrogen-bond acceptors (Lipinski definition) is 4. The highest BCUT2D eigenvalue weighted by Gasteiger charge is 2.08. The number of amides is 1. The molecule has 0 bridgehead atoms. The van der Waals surface area contributed by atoms with E-state index in [0.29, 0.717) is 12.1 Å². The molecule has 28 heavy (non-hydrogen) atoms. The van der Waals surface area contributed by atoms with E-state index >= 15 is 0 Å². The van der Waals surface area contributed by atoms with Gasteiger partial charge >= 0.3 is 0 Å². The van der Waals surface area contributed by atoms with Gasteiger partial charge in [0.2, 0.25) is 0 Å². The third-order valence-electron chi connectivity index (χ3n) is 4.50. The number of carbonyl (C=O) groups excluding carboxylic acids is 1. The third kappa shape index (κ3) is 3.50. The van der Waals surface area contributed by atoms with E-state index in [1.807, 2.05) is 40.5 Å². The number of benzene rings is 2. The molecule has 1 amide bonds. The lowest BCUT2D eigenvalue weighted by atomic mass is 10.1. The van der Waals surface area contributed by atoms with Crippen molar-refractivity contribution in [1.82, 2.24) is 15.0 Å². The van der Waals surface area contributed by atoms with Gasteiger partial charge in [-0.05, 0) is 47.5 Å². The monoisotopic (exact) mass is 374 g/mol. The van der Waals surface area contributed by atoms with Crippen LogP contribution in [-0.4, -0.2) is 15.5 Å². The van der Waals surface area contributed by atoms with Crippen LogP contribution in [0.1, 0.15) is 15.9 Å². The van der Waals surface area contributed by atoms with Crippen molar-refractivity contribution in [3.05, 3.63) is 94.9 Å².